The van der Waals surface area contributed by atoms with Gasteiger partial charge < -0.3 is 34.3 Å². The Bertz CT molecular complexity index is 1330. The molecule has 6 atom stereocenters. The highest BCUT2D eigenvalue weighted by Crippen LogP contribution is 2.26. The lowest BCUT2D eigenvalue weighted by molar-refractivity contribution is -0.301. The summed E-state index contributed by atoms with van der Waals surface area (Å²) in [6, 6.07) is 0. The van der Waals surface area contributed by atoms with E-state index in [2.05, 4.69) is 42.3 Å². The number of aliphatic hydroxyl groups is 3. The molecule has 4 N–H and O–H groups in total. The lowest BCUT2D eigenvalue weighted by atomic mass is 9.99. The first-order chi connectivity index (χ1) is 34.6. The van der Waals surface area contributed by atoms with Gasteiger partial charge in [0.2, 0.25) is 0 Å². The van der Waals surface area contributed by atoms with Crippen LogP contribution in [0.1, 0.15) is 277 Å². The summed E-state index contributed by atoms with van der Waals surface area (Å²) in [5.41, 5.74) is 0. The summed E-state index contributed by atoms with van der Waals surface area (Å²) in [4.78, 5) is 13.0. The largest absolute Gasteiger partial charge is 0.457 e. The standard InChI is InChI=1S/C58H110O12S/c1-3-5-7-9-11-13-15-17-19-21-23-24-25-26-27-28-29-31-33-35-37-39-41-43-45-47-54(60)68-52(51-67-58-56(62)57(70-71(63,64)65)55(61)53(49-59)69-58)50-66-48-46-44-42-40-38-36-34-32-30-22-20-18-16-14-12-10-8-6-4-2/h14,16,20,22,52-53,55-59,61-62H,3-13,15,17-19,21,23-51H2,1-2H3,(H,63,64,65)/b16-14-,22-20-. The van der Waals surface area contributed by atoms with Crippen molar-refractivity contribution >= 4 is 16.4 Å². The Hall–Kier alpha value is -1.42. The van der Waals surface area contributed by atoms with Gasteiger partial charge in [-0.2, -0.15) is 8.42 Å². The third-order valence-electron chi connectivity index (χ3n) is 13.8. The van der Waals surface area contributed by atoms with E-state index in [1.54, 1.807) is 0 Å². The molecular formula is C58H110O12S. The van der Waals surface area contributed by atoms with Crippen molar-refractivity contribution in [2.45, 2.75) is 314 Å². The molecule has 0 saturated carbocycles. The van der Waals surface area contributed by atoms with Crippen molar-refractivity contribution in [3.8, 4) is 0 Å². The Kier molecular flexibility index (Phi) is 47.1. The van der Waals surface area contributed by atoms with E-state index in [4.69, 9.17) is 18.9 Å². The van der Waals surface area contributed by atoms with Crippen molar-refractivity contribution in [1.29, 1.82) is 0 Å². The minimum Gasteiger partial charge on any atom is -0.457 e. The third kappa shape index (κ3) is 42.5. The van der Waals surface area contributed by atoms with Gasteiger partial charge in [0.05, 0.1) is 19.8 Å². The van der Waals surface area contributed by atoms with Crippen LogP contribution in [0, 0.1) is 0 Å². The van der Waals surface area contributed by atoms with E-state index >= 15 is 0 Å². The van der Waals surface area contributed by atoms with Gasteiger partial charge in [-0.15, -0.1) is 0 Å². The average molecular weight is 1030 g/mol. The first kappa shape index (κ1) is 67.6. The Labute approximate surface area is 435 Å². The molecule has 0 aromatic rings. The molecule has 1 aliphatic heterocycles. The molecule has 12 nitrogen and oxygen atoms in total. The fraction of sp³-hybridized carbons (Fsp3) is 0.914. The Morgan fingerprint density at radius 2 is 0.930 bits per heavy atom. The summed E-state index contributed by atoms with van der Waals surface area (Å²) >= 11 is 0. The second kappa shape index (κ2) is 49.5. The van der Waals surface area contributed by atoms with Crippen LogP contribution in [0.25, 0.3) is 0 Å². The zero-order chi connectivity index (χ0) is 51.7. The third-order valence-corrected chi connectivity index (χ3v) is 14.3. The normalized spacial score (nSPS) is 19.1. The van der Waals surface area contributed by atoms with Gasteiger partial charge in [-0.05, 0) is 44.9 Å². The maximum Gasteiger partial charge on any atom is 0.397 e. The quantitative estimate of drug-likeness (QED) is 0.0196. The van der Waals surface area contributed by atoms with Crippen LogP contribution in [0.4, 0.5) is 0 Å². The van der Waals surface area contributed by atoms with Crippen molar-refractivity contribution < 1.29 is 56.2 Å². The van der Waals surface area contributed by atoms with Crippen LogP contribution in [0.3, 0.4) is 0 Å². The molecule has 1 heterocycles. The number of esters is 1. The molecular weight excluding hydrogens is 921 g/mol. The predicted molar refractivity (Wildman–Crippen MR) is 290 cm³/mol. The second-order valence-corrected chi connectivity index (χ2v) is 21.6. The molecule has 13 heteroatoms. The summed E-state index contributed by atoms with van der Waals surface area (Å²) < 4.78 is 59.4. The van der Waals surface area contributed by atoms with Gasteiger partial charge in [-0.1, -0.05) is 250 Å². The van der Waals surface area contributed by atoms with Crippen molar-refractivity contribution in [3.05, 3.63) is 24.3 Å². The number of ether oxygens (including phenoxy) is 4. The summed E-state index contributed by atoms with van der Waals surface area (Å²) in [7, 11) is -5.07. The number of allylic oxidation sites excluding steroid dienone is 4. The molecule has 0 bridgehead atoms. The van der Waals surface area contributed by atoms with Gasteiger partial charge in [0.25, 0.3) is 0 Å². The molecule has 0 aromatic carbocycles. The number of unbranched alkanes of at least 4 members (excludes halogenated alkanes) is 36. The van der Waals surface area contributed by atoms with Gasteiger partial charge in [0.15, 0.2) is 6.29 Å². The molecule has 1 aliphatic rings. The summed E-state index contributed by atoms with van der Waals surface area (Å²) in [5.74, 6) is -0.394. The second-order valence-electron chi connectivity index (χ2n) is 20.6. The van der Waals surface area contributed by atoms with E-state index < -0.39 is 59.8 Å². The van der Waals surface area contributed by atoms with Gasteiger partial charge in [-0.25, -0.2) is 4.18 Å². The Balaban J connectivity index is 2.27. The Morgan fingerprint density at radius 1 is 0.535 bits per heavy atom. The molecule has 1 saturated heterocycles. The summed E-state index contributed by atoms with van der Waals surface area (Å²) in [5, 5.41) is 30.8. The zero-order valence-electron chi connectivity index (χ0n) is 45.6. The minimum absolute atomic E-state index is 0.0365. The van der Waals surface area contributed by atoms with Crippen LogP contribution in [-0.4, -0.2) is 97.5 Å². The maximum atomic E-state index is 13.0. The van der Waals surface area contributed by atoms with Crippen LogP contribution in [-0.2, 0) is 38.3 Å². The van der Waals surface area contributed by atoms with E-state index in [9.17, 15) is 33.1 Å². The van der Waals surface area contributed by atoms with E-state index in [0.717, 1.165) is 51.4 Å². The van der Waals surface area contributed by atoms with Gasteiger partial charge in [0.1, 0.15) is 30.5 Å². The molecule has 0 amide bonds. The highest BCUT2D eigenvalue weighted by Gasteiger charge is 2.48. The zero-order valence-corrected chi connectivity index (χ0v) is 46.4. The highest BCUT2D eigenvalue weighted by atomic mass is 32.3. The lowest BCUT2D eigenvalue weighted by Crippen LogP contribution is -2.60. The van der Waals surface area contributed by atoms with Gasteiger partial charge in [-0.3, -0.25) is 9.35 Å². The van der Waals surface area contributed by atoms with Crippen LogP contribution in [0.2, 0.25) is 0 Å². The fourth-order valence-corrected chi connectivity index (χ4v) is 9.86. The van der Waals surface area contributed by atoms with E-state index in [1.165, 1.54) is 199 Å². The Morgan fingerprint density at radius 3 is 1.35 bits per heavy atom. The number of hydrogen-bond donors (Lipinski definition) is 4. The number of carbonyl (C=O) groups excluding carboxylic acids is 1. The minimum atomic E-state index is -5.07. The maximum absolute atomic E-state index is 13.0. The predicted octanol–water partition coefficient (Wildman–Crippen LogP) is 14.7. The molecule has 0 radical (unpaired) electrons. The van der Waals surface area contributed by atoms with Crippen molar-refractivity contribution in [1.82, 2.24) is 0 Å². The number of carbonyl (C=O) groups is 1. The topological polar surface area (TPSA) is 178 Å². The number of aliphatic hydroxyl groups excluding tert-OH is 3. The van der Waals surface area contributed by atoms with Crippen molar-refractivity contribution in [2.24, 2.45) is 0 Å². The summed E-state index contributed by atoms with van der Waals surface area (Å²) in [6.45, 7) is 4.02. The lowest BCUT2D eigenvalue weighted by Gasteiger charge is -2.41. The summed E-state index contributed by atoms with van der Waals surface area (Å²) in [6.07, 6.45) is 50.8. The average Bonchev–Trinajstić information content (AvgIpc) is 3.35. The molecule has 6 unspecified atom stereocenters. The molecule has 1 fully saturated rings. The van der Waals surface area contributed by atoms with Crippen LogP contribution >= 0.6 is 0 Å². The van der Waals surface area contributed by atoms with Crippen molar-refractivity contribution in [2.75, 3.05) is 26.4 Å². The van der Waals surface area contributed by atoms with Gasteiger partial charge >= 0.3 is 16.4 Å². The van der Waals surface area contributed by atoms with E-state index in [1.807, 2.05) is 0 Å². The highest BCUT2D eigenvalue weighted by molar-refractivity contribution is 7.80. The SMILES string of the molecule is CCCCCC/C=C\C/C=C\CCCCCCCCCCOCC(COC1OC(CO)C(O)C(OS(=O)(=O)O)C1O)OC(=O)CCCCCCCCCCCCCCCCCCCCCCCCCCC. The molecule has 71 heavy (non-hydrogen) atoms. The molecule has 0 aliphatic carbocycles. The number of hydrogen-bond acceptors (Lipinski definition) is 11. The molecule has 0 spiro atoms. The van der Waals surface area contributed by atoms with Crippen LogP contribution in [0.15, 0.2) is 24.3 Å². The van der Waals surface area contributed by atoms with Crippen LogP contribution < -0.4 is 0 Å². The van der Waals surface area contributed by atoms with E-state index in [-0.39, 0.29) is 19.6 Å². The molecule has 1 rings (SSSR count). The van der Waals surface area contributed by atoms with Crippen molar-refractivity contribution in [3.63, 3.8) is 0 Å². The molecule has 420 valence electrons. The first-order valence-electron chi connectivity index (χ1n) is 29.6. The fourth-order valence-electron chi connectivity index (χ4n) is 9.35. The first-order valence-corrected chi connectivity index (χ1v) is 31.0. The van der Waals surface area contributed by atoms with Crippen LogP contribution in [0.5, 0.6) is 0 Å². The van der Waals surface area contributed by atoms with Gasteiger partial charge in [0, 0.05) is 13.0 Å². The van der Waals surface area contributed by atoms with E-state index in [0.29, 0.717) is 13.0 Å². The molecule has 0 aromatic heterocycles. The number of rotatable bonds is 53. The monoisotopic (exact) mass is 1030 g/mol. The smallest absolute Gasteiger partial charge is 0.397 e.